The number of aliphatic hydroxyl groups excluding tert-OH is 1. The van der Waals surface area contributed by atoms with Crippen LogP contribution in [0.5, 0.6) is 0 Å². The fourth-order valence-corrected chi connectivity index (χ4v) is 12.8. The smallest absolute Gasteiger partial charge is 0.0687 e. The summed E-state index contributed by atoms with van der Waals surface area (Å²) in [5.41, 5.74) is -0.287. The summed E-state index contributed by atoms with van der Waals surface area (Å²) in [7, 11) is 2.09. The number of hydrogen-bond donors (Lipinski definition) is 5. The molecule has 5 N–H and O–H groups in total. The number of piperidine rings is 1. The Morgan fingerprint density at radius 2 is 1.83 bits per heavy atom. The van der Waals surface area contributed by atoms with Crippen molar-refractivity contribution in [1.82, 2.24) is 16.0 Å². The van der Waals surface area contributed by atoms with Gasteiger partial charge in [-0.05, 0) is 150 Å². The molecule has 5 heteroatoms. The molecule has 0 aromatic rings. The molecule has 0 aromatic carbocycles. The minimum absolute atomic E-state index is 0.0604. The molecule has 0 aromatic heterocycles. The summed E-state index contributed by atoms with van der Waals surface area (Å²) in [6, 6.07) is 1.18. The highest BCUT2D eigenvalue weighted by atomic mass is 16.3. The quantitative estimate of drug-likeness (QED) is 0.175. The van der Waals surface area contributed by atoms with Crippen LogP contribution >= 0.6 is 0 Å². The SMILES string of the molecule is CNC[C@H]1CC[C@H]2C[C@@]34[C@@H](O)C[C@]5(C)CCC[C@@](O)(C5)[C@@H]3C[C@@]43C[C@@H](CCC[C@H](C)CNCCCC(C)C)C[C@H]3[C@@H]2N1. The molecule has 6 fully saturated rings. The van der Waals surface area contributed by atoms with E-state index in [0.717, 1.165) is 69.5 Å². The largest absolute Gasteiger partial charge is 0.392 e. The Labute approximate surface area is 258 Å². The molecular formula is C37H67N3O2. The van der Waals surface area contributed by atoms with Gasteiger partial charge in [0.05, 0.1) is 11.7 Å². The Hall–Kier alpha value is -0.200. The molecule has 1 heterocycles. The molecule has 2 spiro atoms. The Morgan fingerprint density at radius 3 is 2.62 bits per heavy atom. The van der Waals surface area contributed by atoms with Crippen LogP contribution in [0.4, 0.5) is 0 Å². The molecule has 1 saturated heterocycles. The molecule has 242 valence electrons. The van der Waals surface area contributed by atoms with Gasteiger partial charge in [0.25, 0.3) is 0 Å². The Morgan fingerprint density at radius 1 is 1.00 bits per heavy atom. The van der Waals surface area contributed by atoms with Gasteiger partial charge >= 0.3 is 0 Å². The fourth-order valence-electron chi connectivity index (χ4n) is 12.8. The van der Waals surface area contributed by atoms with Gasteiger partial charge in [0.1, 0.15) is 0 Å². The molecule has 2 bridgehead atoms. The van der Waals surface area contributed by atoms with Crippen LogP contribution in [0, 0.1) is 51.8 Å². The predicted octanol–water partition coefficient (Wildman–Crippen LogP) is 6.27. The van der Waals surface area contributed by atoms with Gasteiger partial charge in [0.2, 0.25) is 0 Å². The minimum Gasteiger partial charge on any atom is -0.392 e. The fraction of sp³-hybridized carbons (Fsp3) is 1.00. The maximum absolute atomic E-state index is 12.4. The summed E-state index contributed by atoms with van der Waals surface area (Å²) in [6.45, 7) is 12.9. The highest BCUT2D eigenvalue weighted by Gasteiger charge is 2.80. The van der Waals surface area contributed by atoms with Crippen LogP contribution in [0.1, 0.15) is 130 Å². The van der Waals surface area contributed by atoms with E-state index in [0.29, 0.717) is 29.8 Å². The van der Waals surface area contributed by atoms with E-state index in [1.807, 2.05) is 0 Å². The molecule has 6 rings (SSSR count). The van der Waals surface area contributed by atoms with E-state index in [-0.39, 0.29) is 22.3 Å². The first-order valence-corrected chi connectivity index (χ1v) is 18.6. The maximum atomic E-state index is 12.4. The van der Waals surface area contributed by atoms with Gasteiger partial charge in [-0.15, -0.1) is 0 Å². The van der Waals surface area contributed by atoms with E-state index >= 15 is 0 Å². The normalized spacial score (nSPS) is 48.4. The van der Waals surface area contributed by atoms with Crippen molar-refractivity contribution in [2.45, 2.75) is 154 Å². The van der Waals surface area contributed by atoms with Crippen LogP contribution in [-0.4, -0.2) is 60.7 Å². The molecule has 12 atom stereocenters. The second kappa shape index (κ2) is 12.2. The molecule has 1 aliphatic heterocycles. The zero-order chi connectivity index (χ0) is 29.8. The van der Waals surface area contributed by atoms with Crippen LogP contribution < -0.4 is 16.0 Å². The van der Waals surface area contributed by atoms with E-state index in [1.165, 1.54) is 70.6 Å². The lowest BCUT2D eigenvalue weighted by atomic mass is 9.31. The molecule has 42 heavy (non-hydrogen) atoms. The van der Waals surface area contributed by atoms with E-state index < -0.39 is 5.60 Å². The van der Waals surface area contributed by atoms with Gasteiger partial charge in [0.15, 0.2) is 0 Å². The second-order valence-corrected chi connectivity index (χ2v) is 17.8. The number of nitrogens with one attached hydrogen (secondary N) is 3. The highest BCUT2D eigenvalue weighted by molar-refractivity contribution is 5.29. The molecule has 5 aliphatic carbocycles. The molecular weight excluding hydrogens is 518 g/mol. The van der Waals surface area contributed by atoms with Crippen LogP contribution in [0.3, 0.4) is 0 Å². The number of aliphatic hydroxyl groups is 2. The van der Waals surface area contributed by atoms with Gasteiger partial charge in [0, 0.05) is 24.0 Å². The van der Waals surface area contributed by atoms with Gasteiger partial charge < -0.3 is 26.2 Å². The topological polar surface area (TPSA) is 76.5 Å². The van der Waals surface area contributed by atoms with Crippen molar-refractivity contribution in [2.24, 2.45) is 51.8 Å². The predicted molar refractivity (Wildman–Crippen MR) is 173 cm³/mol. The first-order chi connectivity index (χ1) is 20.0. The number of fused-ring (bicyclic) bond motifs is 5. The lowest BCUT2D eigenvalue weighted by molar-refractivity contribution is -0.305. The summed E-state index contributed by atoms with van der Waals surface area (Å²) in [5, 5.41) is 36.2. The second-order valence-electron chi connectivity index (χ2n) is 17.8. The Balaban J connectivity index is 1.17. The summed E-state index contributed by atoms with van der Waals surface area (Å²) in [5.74, 6) is 3.96. The van der Waals surface area contributed by atoms with Crippen LogP contribution in [0.25, 0.3) is 0 Å². The Kier molecular flexibility index (Phi) is 9.22. The van der Waals surface area contributed by atoms with Crippen molar-refractivity contribution in [1.29, 1.82) is 0 Å². The first-order valence-electron chi connectivity index (χ1n) is 18.6. The molecule has 5 saturated carbocycles. The van der Waals surface area contributed by atoms with Crippen molar-refractivity contribution in [2.75, 3.05) is 26.7 Å². The highest BCUT2D eigenvalue weighted by Crippen LogP contribution is 2.82. The van der Waals surface area contributed by atoms with E-state index in [2.05, 4.69) is 50.7 Å². The maximum Gasteiger partial charge on any atom is 0.0687 e. The average Bonchev–Trinajstić information content (AvgIpc) is 3.30. The zero-order valence-corrected chi connectivity index (χ0v) is 28.0. The zero-order valence-electron chi connectivity index (χ0n) is 28.0. The molecule has 6 aliphatic rings. The minimum atomic E-state index is -0.556. The third-order valence-electron chi connectivity index (χ3n) is 14.4. The van der Waals surface area contributed by atoms with Crippen LogP contribution in [-0.2, 0) is 0 Å². The molecule has 0 unspecified atom stereocenters. The molecule has 5 nitrogen and oxygen atoms in total. The summed E-state index contributed by atoms with van der Waals surface area (Å²) >= 11 is 0. The number of hydrogen-bond acceptors (Lipinski definition) is 5. The van der Waals surface area contributed by atoms with Crippen molar-refractivity contribution in [3.63, 3.8) is 0 Å². The summed E-state index contributed by atoms with van der Waals surface area (Å²) in [4.78, 5) is 0. The van der Waals surface area contributed by atoms with E-state index in [1.54, 1.807) is 0 Å². The van der Waals surface area contributed by atoms with E-state index in [9.17, 15) is 10.2 Å². The monoisotopic (exact) mass is 586 g/mol. The van der Waals surface area contributed by atoms with Crippen molar-refractivity contribution in [3.8, 4) is 0 Å². The Bertz CT molecular complexity index is 929. The van der Waals surface area contributed by atoms with E-state index in [4.69, 9.17) is 0 Å². The van der Waals surface area contributed by atoms with Gasteiger partial charge in [-0.25, -0.2) is 0 Å². The lowest BCUT2D eigenvalue weighted by Gasteiger charge is -2.75. The molecule has 0 amide bonds. The third kappa shape index (κ3) is 5.46. The first kappa shape index (κ1) is 31.8. The summed E-state index contributed by atoms with van der Waals surface area (Å²) in [6.07, 6.45) is 19.0. The number of rotatable bonds is 12. The van der Waals surface area contributed by atoms with Crippen LogP contribution in [0.2, 0.25) is 0 Å². The lowest BCUT2D eigenvalue weighted by Crippen LogP contribution is -2.76. The standard InChI is InChI=1S/C37H67N3O2/c1-25(2)9-7-16-39-22-26(3)10-6-11-27-17-30-33-28(12-13-29(40-33)23-38-5)19-37-31(20-35(30,37)18-27)36(42)15-8-14-34(4,24-36)21-32(37)41/h25-33,38-42H,6-24H2,1-5H3/t26-,27-,28-,29+,30-,31-,32-,33+,34-,35+,36+,37-/m0/s1. The third-order valence-corrected chi connectivity index (χ3v) is 14.4. The van der Waals surface area contributed by atoms with Crippen molar-refractivity contribution in [3.05, 3.63) is 0 Å². The number of likely N-dealkylation sites (N-methyl/N-ethyl adjacent to an activating group) is 1. The van der Waals surface area contributed by atoms with Gasteiger partial charge in [-0.2, -0.15) is 0 Å². The van der Waals surface area contributed by atoms with Gasteiger partial charge in [-0.3, -0.25) is 0 Å². The van der Waals surface area contributed by atoms with Crippen molar-refractivity contribution < 1.29 is 10.2 Å². The molecule has 0 radical (unpaired) electrons. The summed E-state index contributed by atoms with van der Waals surface area (Å²) < 4.78 is 0. The van der Waals surface area contributed by atoms with Crippen LogP contribution in [0.15, 0.2) is 0 Å². The van der Waals surface area contributed by atoms with Crippen molar-refractivity contribution >= 4 is 0 Å². The van der Waals surface area contributed by atoms with Gasteiger partial charge in [-0.1, -0.05) is 47.0 Å². The average molecular weight is 586 g/mol.